The van der Waals surface area contributed by atoms with Crippen molar-refractivity contribution >= 4 is 16.8 Å². The maximum Gasteiger partial charge on any atom is 0.186 e. The Labute approximate surface area is 165 Å². The summed E-state index contributed by atoms with van der Waals surface area (Å²) < 4.78 is 20.7. The highest BCUT2D eigenvalue weighted by molar-refractivity contribution is 7.79. The Morgan fingerprint density at radius 1 is 1.19 bits per heavy atom. The van der Waals surface area contributed by atoms with Gasteiger partial charge < -0.3 is 14.4 Å². The van der Waals surface area contributed by atoms with E-state index in [1.54, 1.807) is 18.2 Å². The summed E-state index contributed by atoms with van der Waals surface area (Å²) in [6.45, 7) is 10.1. The highest BCUT2D eigenvalue weighted by Gasteiger charge is 2.26. The molecule has 3 rings (SSSR count). The number of piperidine rings is 2. The second kappa shape index (κ2) is 9.18. The first-order chi connectivity index (χ1) is 13.0. The lowest BCUT2D eigenvalue weighted by Crippen LogP contribution is -2.42. The van der Waals surface area contributed by atoms with Gasteiger partial charge in [0.05, 0.1) is 16.1 Å². The Balaban J connectivity index is 1.54. The van der Waals surface area contributed by atoms with Gasteiger partial charge in [0.1, 0.15) is 6.07 Å². The van der Waals surface area contributed by atoms with Crippen LogP contribution in [0.2, 0.25) is 0 Å². The monoisotopic (exact) mass is 389 g/mol. The molecule has 2 aliphatic rings. The minimum Gasteiger partial charge on any atom is -0.370 e. The topological polar surface area (TPSA) is 67.6 Å². The Morgan fingerprint density at radius 3 is 2.41 bits per heavy atom. The van der Waals surface area contributed by atoms with Crippen molar-refractivity contribution in [2.24, 2.45) is 17.8 Å². The molecular weight excluding hydrogens is 358 g/mol. The van der Waals surface area contributed by atoms with Gasteiger partial charge in [0.25, 0.3) is 0 Å². The van der Waals surface area contributed by atoms with E-state index in [-0.39, 0.29) is 0 Å². The van der Waals surface area contributed by atoms with Crippen LogP contribution in [0.4, 0.5) is 5.69 Å². The minimum absolute atomic E-state index is 0.360. The maximum atomic E-state index is 11.4. The smallest absolute Gasteiger partial charge is 0.186 e. The number of hydrogen-bond acceptors (Lipinski definition) is 4. The predicted octanol–water partition coefficient (Wildman–Crippen LogP) is 3.72. The van der Waals surface area contributed by atoms with Crippen LogP contribution < -0.4 is 4.90 Å². The number of likely N-dealkylation sites (tertiary alicyclic amines) is 1. The molecule has 0 bridgehead atoms. The third-order valence-corrected chi connectivity index (χ3v) is 7.00. The highest BCUT2D eigenvalue weighted by atomic mass is 32.2. The zero-order chi connectivity index (χ0) is 19.4. The molecule has 0 radical (unpaired) electrons. The van der Waals surface area contributed by atoms with E-state index in [4.69, 9.17) is 0 Å². The van der Waals surface area contributed by atoms with Gasteiger partial charge in [-0.25, -0.2) is 4.21 Å². The minimum atomic E-state index is -2.02. The molecule has 27 heavy (non-hydrogen) atoms. The van der Waals surface area contributed by atoms with E-state index >= 15 is 0 Å². The van der Waals surface area contributed by atoms with Crippen molar-refractivity contribution < 1.29 is 8.76 Å². The maximum absolute atomic E-state index is 11.4. The van der Waals surface area contributed by atoms with Crippen molar-refractivity contribution in [2.75, 3.05) is 37.6 Å². The van der Waals surface area contributed by atoms with E-state index in [9.17, 15) is 14.0 Å². The first-order valence-electron chi connectivity index (χ1n) is 10.1. The summed E-state index contributed by atoms with van der Waals surface area (Å²) in [6.07, 6.45) is 4.88. The first kappa shape index (κ1) is 20.3. The Kier molecular flexibility index (Phi) is 6.91. The fourth-order valence-corrected chi connectivity index (χ4v) is 4.90. The number of rotatable bonds is 5. The fourth-order valence-electron chi connectivity index (χ4n) is 4.50. The number of benzene rings is 1. The standard InChI is InChI=1S/C21H31N3O2S/c1-16(2)18-7-9-23(10-8-18)15-17-5-11-24(12-6-17)21-13-20(27(25)26)4-3-19(21)14-22/h3-4,13,16-18H,5-12,15H2,1-2H3,(H,25,26). The van der Waals surface area contributed by atoms with E-state index in [1.165, 1.54) is 32.5 Å². The Hall–Kier alpha value is -1.42. The van der Waals surface area contributed by atoms with Crippen molar-refractivity contribution in [3.8, 4) is 6.07 Å². The average Bonchev–Trinajstić information content (AvgIpc) is 2.68. The third kappa shape index (κ3) is 5.10. The van der Waals surface area contributed by atoms with Gasteiger partial charge in [-0.1, -0.05) is 13.8 Å². The molecule has 2 saturated heterocycles. The molecule has 1 aromatic rings. The van der Waals surface area contributed by atoms with Crippen molar-refractivity contribution in [3.05, 3.63) is 23.8 Å². The lowest BCUT2D eigenvalue weighted by molar-refractivity contribution is 0.132. The first-order valence-corrected chi connectivity index (χ1v) is 11.2. The van der Waals surface area contributed by atoms with E-state index in [1.807, 2.05) is 0 Å². The van der Waals surface area contributed by atoms with Crippen LogP contribution in [-0.2, 0) is 11.1 Å². The Morgan fingerprint density at radius 2 is 1.85 bits per heavy atom. The van der Waals surface area contributed by atoms with E-state index in [2.05, 4.69) is 29.7 Å². The molecule has 0 spiro atoms. The summed E-state index contributed by atoms with van der Waals surface area (Å²) in [6, 6.07) is 7.14. The van der Waals surface area contributed by atoms with E-state index in [0.717, 1.165) is 43.5 Å². The summed E-state index contributed by atoms with van der Waals surface area (Å²) in [4.78, 5) is 5.20. The molecule has 5 nitrogen and oxygen atoms in total. The zero-order valence-corrected chi connectivity index (χ0v) is 17.2. The molecule has 2 fully saturated rings. The van der Waals surface area contributed by atoms with Gasteiger partial charge in [0.2, 0.25) is 0 Å². The largest absolute Gasteiger partial charge is 0.370 e. The van der Waals surface area contributed by atoms with Crippen LogP contribution in [0.5, 0.6) is 0 Å². The van der Waals surface area contributed by atoms with Crippen LogP contribution in [0.25, 0.3) is 0 Å². The van der Waals surface area contributed by atoms with Crippen LogP contribution in [0.1, 0.15) is 45.1 Å². The molecule has 0 aromatic heterocycles. The number of anilines is 1. The van der Waals surface area contributed by atoms with Crippen molar-refractivity contribution in [3.63, 3.8) is 0 Å². The average molecular weight is 390 g/mol. The lowest BCUT2D eigenvalue weighted by atomic mass is 9.86. The molecule has 0 aliphatic carbocycles. The van der Waals surface area contributed by atoms with Gasteiger partial charge >= 0.3 is 0 Å². The molecule has 148 valence electrons. The molecule has 0 amide bonds. The summed E-state index contributed by atoms with van der Waals surface area (Å²) >= 11 is -2.02. The SMILES string of the molecule is CC(C)C1CCN(CC2CCN(c3cc(S(=O)O)ccc3C#N)CC2)CC1. The zero-order valence-electron chi connectivity index (χ0n) is 16.4. The summed E-state index contributed by atoms with van der Waals surface area (Å²) in [5.74, 6) is 2.39. The molecule has 0 saturated carbocycles. The van der Waals surface area contributed by atoms with Crippen LogP contribution in [0.3, 0.4) is 0 Å². The Bertz CT molecular complexity index is 700. The normalized spacial score (nSPS) is 21.4. The quantitative estimate of drug-likeness (QED) is 0.777. The van der Waals surface area contributed by atoms with Crippen LogP contribution in [-0.4, -0.2) is 46.4 Å². The van der Waals surface area contributed by atoms with Crippen LogP contribution in [0, 0.1) is 29.1 Å². The second-order valence-corrected chi connectivity index (χ2v) is 9.32. The molecule has 1 unspecified atom stereocenters. The van der Waals surface area contributed by atoms with Gasteiger partial charge in [-0.2, -0.15) is 5.26 Å². The van der Waals surface area contributed by atoms with Crippen molar-refractivity contribution in [1.29, 1.82) is 5.26 Å². The number of nitriles is 1. The van der Waals surface area contributed by atoms with Crippen LogP contribution in [0.15, 0.2) is 23.1 Å². The molecular formula is C21H31N3O2S. The van der Waals surface area contributed by atoms with Gasteiger partial charge in [0, 0.05) is 19.6 Å². The number of nitrogens with zero attached hydrogens (tertiary/aromatic N) is 3. The summed E-state index contributed by atoms with van der Waals surface area (Å²) in [7, 11) is 0. The molecule has 1 N–H and O–H groups in total. The van der Waals surface area contributed by atoms with Gasteiger partial charge in [-0.05, 0) is 74.7 Å². The van der Waals surface area contributed by atoms with Gasteiger partial charge in [0.15, 0.2) is 11.1 Å². The van der Waals surface area contributed by atoms with Crippen molar-refractivity contribution in [2.45, 2.75) is 44.4 Å². The van der Waals surface area contributed by atoms with Gasteiger partial charge in [-0.15, -0.1) is 0 Å². The lowest BCUT2D eigenvalue weighted by Gasteiger charge is -2.39. The van der Waals surface area contributed by atoms with Crippen LogP contribution >= 0.6 is 0 Å². The fraction of sp³-hybridized carbons (Fsp3) is 0.667. The number of hydrogen-bond donors (Lipinski definition) is 1. The summed E-state index contributed by atoms with van der Waals surface area (Å²) in [5, 5.41) is 9.39. The van der Waals surface area contributed by atoms with E-state index in [0.29, 0.717) is 16.4 Å². The molecule has 6 heteroatoms. The molecule has 2 aliphatic heterocycles. The second-order valence-electron chi connectivity index (χ2n) is 8.35. The van der Waals surface area contributed by atoms with Crippen molar-refractivity contribution in [1.82, 2.24) is 4.90 Å². The molecule has 1 aromatic carbocycles. The third-order valence-electron chi connectivity index (χ3n) is 6.34. The van der Waals surface area contributed by atoms with Gasteiger partial charge in [-0.3, -0.25) is 0 Å². The highest BCUT2D eigenvalue weighted by Crippen LogP contribution is 2.30. The van der Waals surface area contributed by atoms with E-state index < -0.39 is 11.1 Å². The molecule has 2 heterocycles. The molecule has 1 atom stereocenters. The summed E-state index contributed by atoms with van der Waals surface area (Å²) in [5.41, 5.74) is 1.38. The predicted molar refractivity (Wildman–Crippen MR) is 109 cm³/mol.